The largest absolute Gasteiger partial charge is 0.435 e. The van der Waals surface area contributed by atoms with Crippen molar-refractivity contribution >= 4 is 15.8 Å². The standard InChI is InChI=1S/C19H27F3N4O3S/c1-17(2)13-5-6-18(17,15(27)11-13)12-30(28,29)26-9-7-25(8-10-26)16-4-3-14(23-24-16)19(20,21)22/h3-4,13,15,27H,5-12H2,1-2H3/t13-,15?,18+/m1/s1. The van der Waals surface area contributed by atoms with Crippen LogP contribution < -0.4 is 4.90 Å². The Labute approximate surface area is 174 Å². The molecule has 0 amide bonds. The Balaban J connectivity index is 1.42. The molecule has 3 fully saturated rings. The summed E-state index contributed by atoms with van der Waals surface area (Å²) in [5.41, 5.74) is -1.90. The molecular weight excluding hydrogens is 421 g/mol. The number of aliphatic hydroxyl groups excluding tert-OH is 1. The highest BCUT2D eigenvalue weighted by Gasteiger charge is 2.65. The van der Waals surface area contributed by atoms with Crippen molar-refractivity contribution < 1.29 is 26.7 Å². The van der Waals surface area contributed by atoms with E-state index in [0.717, 1.165) is 12.5 Å². The minimum atomic E-state index is -4.55. The molecule has 0 radical (unpaired) electrons. The van der Waals surface area contributed by atoms with Crippen molar-refractivity contribution in [2.75, 3.05) is 36.8 Å². The second-order valence-electron chi connectivity index (χ2n) is 9.28. The number of nitrogens with zero attached hydrogens (tertiary/aromatic N) is 4. The van der Waals surface area contributed by atoms with E-state index in [4.69, 9.17) is 0 Å². The molecule has 11 heteroatoms. The molecule has 4 rings (SSSR count). The lowest BCUT2D eigenvalue weighted by molar-refractivity contribution is -0.141. The predicted molar refractivity (Wildman–Crippen MR) is 104 cm³/mol. The lowest BCUT2D eigenvalue weighted by Crippen LogP contribution is -2.53. The van der Waals surface area contributed by atoms with Gasteiger partial charge in [0.2, 0.25) is 10.0 Å². The van der Waals surface area contributed by atoms with Gasteiger partial charge in [-0.05, 0) is 42.7 Å². The Morgan fingerprint density at radius 2 is 1.83 bits per heavy atom. The molecule has 168 valence electrons. The number of piperazine rings is 1. The van der Waals surface area contributed by atoms with Crippen molar-refractivity contribution in [2.24, 2.45) is 16.7 Å². The fraction of sp³-hybridized carbons (Fsp3) is 0.789. The second kappa shape index (κ2) is 7.03. The smallest absolute Gasteiger partial charge is 0.392 e. The van der Waals surface area contributed by atoms with Gasteiger partial charge >= 0.3 is 6.18 Å². The molecule has 2 bridgehead atoms. The van der Waals surface area contributed by atoms with E-state index in [1.165, 1.54) is 10.4 Å². The summed E-state index contributed by atoms with van der Waals surface area (Å²) in [5, 5.41) is 17.5. The zero-order chi connectivity index (χ0) is 21.9. The first kappa shape index (κ1) is 21.8. The number of aliphatic hydroxyl groups is 1. The summed E-state index contributed by atoms with van der Waals surface area (Å²) in [6.45, 7) is 5.22. The van der Waals surface area contributed by atoms with Crippen LogP contribution >= 0.6 is 0 Å². The van der Waals surface area contributed by atoms with Crippen LogP contribution in [-0.2, 0) is 16.2 Å². The van der Waals surface area contributed by atoms with Crippen molar-refractivity contribution in [3.05, 3.63) is 17.8 Å². The molecule has 1 aromatic rings. The molecule has 2 saturated carbocycles. The maximum Gasteiger partial charge on any atom is 0.435 e. The van der Waals surface area contributed by atoms with E-state index >= 15 is 0 Å². The normalized spacial score (nSPS) is 32.0. The summed E-state index contributed by atoms with van der Waals surface area (Å²) in [6.07, 6.45) is -2.84. The summed E-state index contributed by atoms with van der Waals surface area (Å²) in [5.74, 6) is 0.576. The van der Waals surface area contributed by atoms with Gasteiger partial charge in [-0.3, -0.25) is 0 Å². The molecular formula is C19H27F3N4O3S. The first-order valence-corrected chi connectivity index (χ1v) is 11.8. The van der Waals surface area contributed by atoms with Gasteiger partial charge in [-0.15, -0.1) is 10.2 Å². The minimum absolute atomic E-state index is 0.0647. The molecule has 1 saturated heterocycles. The van der Waals surface area contributed by atoms with E-state index in [1.54, 1.807) is 4.90 Å². The predicted octanol–water partition coefficient (Wildman–Crippen LogP) is 2.13. The van der Waals surface area contributed by atoms with Gasteiger partial charge in [0.1, 0.15) is 0 Å². The molecule has 1 N–H and O–H groups in total. The lowest BCUT2D eigenvalue weighted by atomic mass is 9.70. The molecule has 2 aliphatic carbocycles. The monoisotopic (exact) mass is 448 g/mol. The number of fused-ring (bicyclic) bond motifs is 2. The Kier molecular flexibility index (Phi) is 5.10. The van der Waals surface area contributed by atoms with Crippen molar-refractivity contribution in [1.29, 1.82) is 0 Å². The maximum absolute atomic E-state index is 13.2. The molecule has 1 unspecified atom stereocenters. The van der Waals surface area contributed by atoms with Crippen LogP contribution in [0.2, 0.25) is 0 Å². The molecule has 2 heterocycles. The van der Waals surface area contributed by atoms with Crippen molar-refractivity contribution in [3.63, 3.8) is 0 Å². The Morgan fingerprint density at radius 1 is 1.17 bits per heavy atom. The number of hydrogen-bond acceptors (Lipinski definition) is 6. The summed E-state index contributed by atoms with van der Waals surface area (Å²) >= 11 is 0. The maximum atomic E-state index is 13.2. The van der Waals surface area contributed by atoms with Gasteiger partial charge in [0.15, 0.2) is 11.5 Å². The van der Waals surface area contributed by atoms with Crippen LogP contribution in [0.25, 0.3) is 0 Å². The van der Waals surface area contributed by atoms with E-state index < -0.39 is 33.4 Å². The van der Waals surface area contributed by atoms with Crippen molar-refractivity contribution in [3.8, 4) is 0 Å². The highest BCUT2D eigenvalue weighted by atomic mass is 32.2. The van der Waals surface area contributed by atoms with Crippen LogP contribution in [-0.4, -0.2) is 66.1 Å². The second-order valence-corrected chi connectivity index (χ2v) is 11.3. The molecule has 3 aliphatic rings. The molecule has 3 atom stereocenters. The molecule has 0 spiro atoms. The summed E-state index contributed by atoms with van der Waals surface area (Å²) < 4.78 is 65.8. The van der Waals surface area contributed by atoms with Gasteiger partial charge in [-0.25, -0.2) is 8.42 Å². The fourth-order valence-corrected chi connectivity index (χ4v) is 7.90. The molecule has 0 aromatic carbocycles. The molecule has 30 heavy (non-hydrogen) atoms. The van der Waals surface area contributed by atoms with Gasteiger partial charge in [-0.2, -0.15) is 17.5 Å². The lowest BCUT2D eigenvalue weighted by Gasteiger charge is -2.42. The van der Waals surface area contributed by atoms with Gasteiger partial charge in [-0.1, -0.05) is 13.8 Å². The first-order valence-electron chi connectivity index (χ1n) is 10.2. The first-order chi connectivity index (χ1) is 13.9. The SMILES string of the molecule is CC1(C)[C@@H]2CC[C@]1(CS(=O)(=O)N1CCN(c3ccc(C(F)(F)F)nn3)CC1)C(O)C2. The molecule has 7 nitrogen and oxygen atoms in total. The van der Waals surface area contributed by atoms with E-state index in [-0.39, 0.29) is 24.3 Å². The number of alkyl halides is 3. The van der Waals surface area contributed by atoms with E-state index in [0.29, 0.717) is 37.7 Å². The fourth-order valence-electron chi connectivity index (χ4n) is 5.64. The van der Waals surface area contributed by atoms with Crippen LogP contribution in [0.5, 0.6) is 0 Å². The van der Waals surface area contributed by atoms with E-state index in [1.807, 2.05) is 0 Å². The third-order valence-corrected chi connectivity index (χ3v) is 9.76. The van der Waals surface area contributed by atoms with Gasteiger partial charge in [0, 0.05) is 31.6 Å². The summed E-state index contributed by atoms with van der Waals surface area (Å²) in [4.78, 5) is 1.73. The number of rotatable bonds is 4. The number of anilines is 1. The minimum Gasteiger partial charge on any atom is -0.392 e. The highest BCUT2D eigenvalue weighted by molar-refractivity contribution is 7.89. The molecule has 1 aromatic heterocycles. The zero-order valence-corrected chi connectivity index (χ0v) is 17.9. The van der Waals surface area contributed by atoms with Gasteiger partial charge < -0.3 is 10.0 Å². The Hall–Kier alpha value is -1.46. The quantitative estimate of drug-likeness (QED) is 0.760. The van der Waals surface area contributed by atoms with Gasteiger partial charge in [0.25, 0.3) is 0 Å². The Morgan fingerprint density at radius 3 is 2.30 bits per heavy atom. The van der Waals surface area contributed by atoms with Gasteiger partial charge in [0.05, 0.1) is 11.9 Å². The number of aromatic nitrogens is 2. The van der Waals surface area contributed by atoms with E-state index in [2.05, 4.69) is 24.0 Å². The third-order valence-electron chi connectivity index (χ3n) is 7.73. The highest BCUT2D eigenvalue weighted by Crippen LogP contribution is 2.66. The van der Waals surface area contributed by atoms with Crippen LogP contribution in [0.1, 0.15) is 38.8 Å². The summed E-state index contributed by atoms with van der Waals surface area (Å²) in [7, 11) is -3.58. The van der Waals surface area contributed by atoms with E-state index in [9.17, 15) is 26.7 Å². The number of halogens is 3. The van der Waals surface area contributed by atoms with Crippen LogP contribution in [0.4, 0.5) is 19.0 Å². The van der Waals surface area contributed by atoms with Crippen LogP contribution in [0, 0.1) is 16.7 Å². The van der Waals surface area contributed by atoms with Crippen LogP contribution in [0.3, 0.4) is 0 Å². The third kappa shape index (κ3) is 3.38. The summed E-state index contributed by atoms with van der Waals surface area (Å²) in [6, 6.07) is 2.14. The average Bonchev–Trinajstić information content (AvgIpc) is 3.01. The molecule has 1 aliphatic heterocycles. The number of sulfonamides is 1. The number of hydrogen-bond donors (Lipinski definition) is 1. The Bertz CT molecular complexity index is 899. The average molecular weight is 449 g/mol. The van der Waals surface area contributed by atoms with Crippen molar-refractivity contribution in [2.45, 2.75) is 45.4 Å². The topological polar surface area (TPSA) is 86.6 Å². The van der Waals surface area contributed by atoms with Crippen LogP contribution in [0.15, 0.2) is 12.1 Å². The van der Waals surface area contributed by atoms with Crippen molar-refractivity contribution in [1.82, 2.24) is 14.5 Å². The zero-order valence-electron chi connectivity index (χ0n) is 17.1.